The molecule has 1 saturated heterocycles. The fourth-order valence-electron chi connectivity index (χ4n) is 3.27. The molecule has 0 atom stereocenters. The van der Waals surface area contributed by atoms with Crippen LogP contribution in [0.2, 0.25) is 0 Å². The molecule has 10 heteroatoms. The second kappa shape index (κ2) is 7.97. The topological polar surface area (TPSA) is 115 Å². The number of anilines is 1. The van der Waals surface area contributed by atoms with Crippen molar-refractivity contribution in [3.8, 4) is 12.3 Å². The summed E-state index contributed by atoms with van der Waals surface area (Å²) in [5, 5.41) is 11.0. The molecule has 2 heterocycles. The van der Waals surface area contributed by atoms with Crippen molar-refractivity contribution in [1.82, 2.24) is 4.57 Å². The zero-order valence-electron chi connectivity index (χ0n) is 16.0. The van der Waals surface area contributed by atoms with Gasteiger partial charge in [0.15, 0.2) is 4.80 Å². The molecule has 0 unspecified atom stereocenters. The van der Waals surface area contributed by atoms with Crippen LogP contribution < -0.4 is 9.70 Å². The number of aromatic nitrogens is 1. The molecule has 3 aromatic rings. The van der Waals surface area contributed by atoms with Crippen molar-refractivity contribution in [3.63, 3.8) is 0 Å². The van der Waals surface area contributed by atoms with Crippen molar-refractivity contribution in [2.45, 2.75) is 19.4 Å². The number of nitro benzene ring substituents is 1. The van der Waals surface area contributed by atoms with Gasteiger partial charge in [-0.25, -0.2) is 0 Å². The summed E-state index contributed by atoms with van der Waals surface area (Å²) in [7, 11) is 0. The number of terminal acetylenes is 1. The summed E-state index contributed by atoms with van der Waals surface area (Å²) in [6.07, 6.45) is 5.79. The van der Waals surface area contributed by atoms with Gasteiger partial charge in [0.25, 0.3) is 11.6 Å². The fraction of sp³-hybridized carbons (Fsp3) is 0.143. The van der Waals surface area contributed by atoms with Crippen molar-refractivity contribution >= 4 is 50.6 Å². The highest BCUT2D eigenvalue weighted by molar-refractivity contribution is 7.16. The maximum Gasteiger partial charge on any atom is 0.279 e. The summed E-state index contributed by atoms with van der Waals surface area (Å²) in [6, 6.07) is 10.4. The van der Waals surface area contributed by atoms with Crippen molar-refractivity contribution in [1.29, 1.82) is 0 Å². The molecule has 1 aliphatic rings. The third-order valence-electron chi connectivity index (χ3n) is 4.75. The highest BCUT2D eigenvalue weighted by atomic mass is 32.1. The molecule has 9 nitrogen and oxygen atoms in total. The molecule has 2 aromatic carbocycles. The molecule has 31 heavy (non-hydrogen) atoms. The van der Waals surface area contributed by atoms with Crippen LogP contribution in [0.3, 0.4) is 0 Å². The lowest BCUT2D eigenvalue weighted by molar-refractivity contribution is -0.384. The van der Waals surface area contributed by atoms with Gasteiger partial charge in [-0.2, -0.15) is 4.99 Å². The van der Waals surface area contributed by atoms with Crippen LogP contribution in [0.25, 0.3) is 10.2 Å². The summed E-state index contributed by atoms with van der Waals surface area (Å²) < 4.78 is 2.22. The lowest BCUT2D eigenvalue weighted by Gasteiger charge is -2.13. The minimum Gasteiger partial charge on any atom is -0.305 e. The number of non-ortho nitro benzene ring substituents is 1. The number of carbonyl (C=O) groups excluding carboxylic acids is 3. The van der Waals surface area contributed by atoms with Gasteiger partial charge in [-0.1, -0.05) is 17.3 Å². The maximum absolute atomic E-state index is 12.7. The quantitative estimate of drug-likeness (QED) is 0.271. The van der Waals surface area contributed by atoms with Crippen molar-refractivity contribution in [2.75, 3.05) is 4.90 Å². The Hall–Kier alpha value is -4.10. The Morgan fingerprint density at radius 1 is 1.16 bits per heavy atom. The molecule has 1 aliphatic heterocycles. The lowest BCUT2D eigenvalue weighted by Crippen LogP contribution is -2.28. The van der Waals surface area contributed by atoms with Crippen LogP contribution >= 0.6 is 11.3 Å². The molecule has 0 spiro atoms. The Kier molecular flexibility index (Phi) is 5.19. The molecule has 0 bridgehead atoms. The molecule has 154 valence electrons. The number of thiazole rings is 1. The number of nitro groups is 1. The molecular formula is C21H14N4O5S. The average Bonchev–Trinajstić information content (AvgIpc) is 3.27. The summed E-state index contributed by atoms with van der Waals surface area (Å²) >= 11 is 1.12. The van der Waals surface area contributed by atoms with Crippen LogP contribution in [0.4, 0.5) is 11.4 Å². The van der Waals surface area contributed by atoms with E-state index in [1.807, 2.05) is 0 Å². The molecule has 0 aliphatic carbocycles. The number of fused-ring (bicyclic) bond motifs is 1. The normalized spacial score (nSPS) is 14.3. The van der Waals surface area contributed by atoms with Crippen molar-refractivity contribution in [2.24, 2.45) is 4.99 Å². The van der Waals surface area contributed by atoms with Gasteiger partial charge in [-0.3, -0.25) is 29.4 Å². The SMILES string of the molecule is C#CCn1c(=NC(=O)c2ccc(N3C(=O)CCC3=O)cc2)sc2cc([N+](=O)[O-])ccc21. The largest absolute Gasteiger partial charge is 0.305 e. The maximum atomic E-state index is 12.7. The van der Waals surface area contributed by atoms with Gasteiger partial charge in [-0.15, -0.1) is 6.42 Å². The number of nitrogens with zero attached hydrogens (tertiary/aromatic N) is 4. The van der Waals surface area contributed by atoms with E-state index in [0.717, 1.165) is 16.2 Å². The Bertz CT molecular complexity index is 1350. The summed E-state index contributed by atoms with van der Waals surface area (Å²) in [6.45, 7) is 0.141. The van der Waals surface area contributed by atoms with E-state index in [-0.39, 0.29) is 42.5 Å². The van der Waals surface area contributed by atoms with E-state index < -0.39 is 10.8 Å². The second-order valence-electron chi connectivity index (χ2n) is 6.67. The van der Waals surface area contributed by atoms with E-state index in [2.05, 4.69) is 10.9 Å². The van der Waals surface area contributed by atoms with E-state index in [0.29, 0.717) is 20.7 Å². The minimum absolute atomic E-state index is 0.0684. The third kappa shape index (κ3) is 3.74. The molecule has 4 rings (SSSR count). The van der Waals surface area contributed by atoms with Crippen LogP contribution in [0.15, 0.2) is 47.5 Å². The van der Waals surface area contributed by atoms with Gasteiger partial charge in [-0.05, 0) is 30.3 Å². The first kappa shape index (κ1) is 20.2. The predicted octanol–water partition coefficient (Wildman–Crippen LogP) is 2.64. The molecule has 1 fully saturated rings. The number of imide groups is 1. The highest BCUT2D eigenvalue weighted by Gasteiger charge is 2.30. The molecule has 1 aromatic heterocycles. The zero-order chi connectivity index (χ0) is 22.1. The first-order valence-electron chi connectivity index (χ1n) is 9.15. The summed E-state index contributed by atoms with van der Waals surface area (Å²) in [4.78, 5) is 52.5. The molecule has 0 saturated carbocycles. The number of amides is 3. The van der Waals surface area contributed by atoms with Gasteiger partial charge in [0.2, 0.25) is 11.8 Å². The van der Waals surface area contributed by atoms with Crippen molar-refractivity contribution < 1.29 is 19.3 Å². The van der Waals surface area contributed by atoms with Gasteiger partial charge in [0.05, 0.1) is 27.4 Å². The number of hydrogen-bond acceptors (Lipinski definition) is 6. The minimum atomic E-state index is -0.544. The molecule has 3 amide bonds. The average molecular weight is 434 g/mol. The fourth-order valence-corrected chi connectivity index (χ4v) is 4.33. The Labute approximate surface area is 179 Å². The first-order valence-corrected chi connectivity index (χ1v) is 9.97. The van der Waals surface area contributed by atoms with Gasteiger partial charge >= 0.3 is 0 Å². The Morgan fingerprint density at radius 3 is 2.45 bits per heavy atom. The van der Waals surface area contributed by atoms with Crippen LogP contribution in [0, 0.1) is 22.5 Å². The zero-order valence-corrected chi connectivity index (χ0v) is 16.8. The van der Waals surface area contributed by atoms with Crippen LogP contribution in [0.1, 0.15) is 23.2 Å². The van der Waals surface area contributed by atoms with E-state index >= 15 is 0 Å². The smallest absolute Gasteiger partial charge is 0.279 e. The highest BCUT2D eigenvalue weighted by Crippen LogP contribution is 2.24. The Morgan fingerprint density at radius 2 is 1.84 bits per heavy atom. The third-order valence-corrected chi connectivity index (χ3v) is 5.79. The standard InChI is InChI=1S/C21H14N4O5S/c1-2-11-23-16-8-7-15(25(29)30)12-17(16)31-21(23)22-20(28)13-3-5-14(6-4-13)24-18(26)9-10-19(24)27/h1,3-8,12H,9-11H2. The number of rotatable bonds is 4. The van der Waals surface area contributed by atoms with Crippen LogP contribution in [-0.2, 0) is 16.1 Å². The van der Waals surface area contributed by atoms with E-state index in [4.69, 9.17) is 6.42 Å². The molecular weight excluding hydrogens is 420 g/mol. The lowest BCUT2D eigenvalue weighted by atomic mass is 10.2. The number of benzene rings is 2. The number of hydrogen-bond donors (Lipinski definition) is 0. The number of carbonyl (C=O) groups is 3. The Balaban J connectivity index is 1.70. The van der Waals surface area contributed by atoms with Crippen LogP contribution in [-0.4, -0.2) is 27.2 Å². The van der Waals surface area contributed by atoms with Gasteiger partial charge in [0, 0.05) is 30.5 Å². The molecule has 0 radical (unpaired) electrons. The summed E-state index contributed by atoms with van der Waals surface area (Å²) in [5.41, 5.74) is 1.24. The van der Waals surface area contributed by atoms with E-state index in [1.165, 1.54) is 36.4 Å². The molecule has 0 N–H and O–H groups in total. The summed E-state index contributed by atoms with van der Waals surface area (Å²) in [5.74, 6) is 1.40. The van der Waals surface area contributed by atoms with E-state index in [1.54, 1.807) is 10.6 Å². The van der Waals surface area contributed by atoms with Crippen LogP contribution in [0.5, 0.6) is 0 Å². The van der Waals surface area contributed by atoms with E-state index in [9.17, 15) is 24.5 Å². The monoisotopic (exact) mass is 434 g/mol. The van der Waals surface area contributed by atoms with Gasteiger partial charge < -0.3 is 4.57 Å². The predicted molar refractivity (Wildman–Crippen MR) is 113 cm³/mol. The van der Waals surface area contributed by atoms with Gasteiger partial charge in [0.1, 0.15) is 0 Å². The van der Waals surface area contributed by atoms with Crippen molar-refractivity contribution in [3.05, 3.63) is 62.9 Å². The second-order valence-corrected chi connectivity index (χ2v) is 7.68. The first-order chi connectivity index (χ1) is 14.9.